The number of fused-ring (bicyclic) bond motifs is 1. The molecule has 0 radical (unpaired) electrons. The largest absolute Gasteiger partial charge is 0.497 e. The van der Waals surface area contributed by atoms with E-state index >= 15 is 0 Å². The van der Waals surface area contributed by atoms with Crippen molar-refractivity contribution in [2.24, 2.45) is 0 Å². The molecule has 2 aromatic carbocycles. The maximum Gasteiger partial charge on any atom is 0.277 e. The maximum absolute atomic E-state index is 12.1. The van der Waals surface area contributed by atoms with Gasteiger partial charge in [0.05, 0.1) is 18.4 Å². The van der Waals surface area contributed by atoms with Gasteiger partial charge in [0.25, 0.3) is 5.22 Å². The van der Waals surface area contributed by atoms with Gasteiger partial charge in [0.2, 0.25) is 11.8 Å². The smallest absolute Gasteiger partial charge is 0.277 e. The molecule has 4 aromatic rings. The second-order valence-electron chi connectivity index (χ2n) is 6.52. The summed E-state index contributed by atoms with van der Waals surface area (Å²) in [5.74, 6) is 1.35. The Morgan fingerprint density at radius 2 is 2.07 bits per heavy atom. The van der Waals surface area contributed by atoms with Gasteiger partial charge in [0, 0.05) is 23.7 Å². The third-order valence-electron chi connectivity index (χ3n) is 4.45. The molecule has 0 aliphatic heterocycles. The number of pyridine rings is 1. The van der Waals surface area contributed by atoms with Crippen molar-refractivity contribution in [1.29, 1.82) is 0 Å². The van der Waals surface area contributed by atoms with E-state index in [0.717, 1.165) is 34.2 Å². The first-order chi connectivity index (χ1) is 14.7. The quantitative estimate of drug-likeness (QED) is 0.434. The number of hydrogen-bond acceptors (Lipinski definition) is 7. The molecular formula is C22H20N4O3S. The normalized spacial score (nSPS) is 10.8. The van der Waals surface area contributed by atoms with E-state index in [2.05, 4.69) is 20.5 Å². The van der Waals surface area contributed by atoms with Gasteiger partial charge in [-0.15, -0.1) is 10.2 Å². The lowest BCUT2D eigenvalue weighted by Gasteiger charge is -2.06. The minimum Gasteiger partial charge on any atom is -0.497 e. The van der Waals surface area contributed by atoms with Crippen LogP contribution in [0.5, 0.6) is 5.75 Å². The van der Waals surface area contributed by atoms with Crippen LogP contribution in [0.1, 0.15) is 5.56 Å². The Morgan fingerprint density at radius 1 is 1.13 bits per heavy atom. The third kappa shape index (κ3) is 4.96. The lowest BCUT2D eigenvalue weighted by atomic mass is 10.1. The Kier molecular flexibility index (Phi) is 6.24. The maximum atomic E-state index is 12.1. The molecule has 8 heteroatoms. The van der Waals surface area contributed by atoms with Crippen molar-refractivity contribution >= 4 is 28.6 Å². The van der Waals surface area contributed by atoms with E-state index in [1.165, 1.54) is 11.8 Å². The lowest BCUT2D eigenvalue weighted by molar-refractivity contribution is -0.118. The van der Waals surface area contributed by atoms with Gasteiger partial charge in [0.1, 0.15) is 5.75 Å². The molecule has 0 fully saturated rings. The first kappa shape index (κ1) is 19.9. The van der Waals surface area contributed by atoms with Crippen LogP contribution in [0.4, 0.5) is 0 Å². The van der Waals surface area contributed by atoms with Gasteiger partial charge < -0.3 is 14.5 Å². The van der Waals surface area contributed by atoms with Gasteiger partial charge in [-0.2, -0.15) is 0 Å². The van der Waals surface area contributed by atoms with Crippen LogP contribution in [-0.2, 0) is 11.2 Å². The van der Waals surface area contributed by atoms with Gasteiger partial charge in [-0.05, 0) is 48.4 Å². The minimum atomic E-state index is -0.0839. The molecular weight excluding hydrogens is 400 g/mol. The summed E-state index contributed by atoms with van der Waals surface area (Å²) < 4.78 is 10.9. The molecule has 0 spiro atoms. The molecule has 2 heterocycles. The summed E-state index contributed by atoms with van der Waals surface area (Å²) in [6.45, 7) is 0.548. The SMILES string of the molecule is COc1cccc(CCNC(=O)CSc2nnc(-c3ccc4ncccc4c3)o2)c1. The molecule has 30 heavy (non-hydrogen) atoms. The number of nitrogens with one attached hydrogen (secondary N) is 1. The fraction of sp³-hybridized carbons (Fsp3) is 0.182. The molecule has 0 saturated heterocycles. The molecule has 7 nitrogen and oxygen atoms in total. The highest BCUT2D eigenvalue weighted by Gasteiger charge is 2.12. The van der Waals surface area contributed by atoms with E-state index in [1.54, 1.807) is 13.3 Å². The fourth-order valence-corrected chi connectivity index (χ4v) is 3.54. The zero-order chi connectivity index (χ0) is 20.8. The number of carbonyl (C=O) groups excluding carboxylic acids is 1. The van der Waals surface area contributed by atoms with Crippen molar-refractivity contribution in [3.8, 4) is 17.2 Å². The molecule has 0 aliphatic carbocycles. The van der Waals surface area contributed by atoms with Crippen LogP contribution in [-0.4, -0.2) is 40.5 Å². The molecule has 2 aromatic heterocycles. The van der Waals surface area contributed by atoms with Gasteiger partial charge in [-0.3, -0.25) is 9.78 Å². The number of hydrogen-bond donors (Lipinski definition) is 1. The number of amides is 1. The van der Waals surface area contributed by atoms with E-state index in [9.17, 15) is 4.79 Å². The van der Waals surface area contributed by atoms with Crippen LogP contribution in [0.2, 0.25) is 0 Å². The average Bonchev–Trinajstić information content (AvgIpc) is 3.27. The number of carbonyl (C=O) groups is 1. The van der Waals surface area contributed by atoms with Crippen LogP contribution < -0.4 is 10.1 Å². The van der Waals surface area contributed by atoms with E-state index < -0.39 is 0 Å². The highest BCUT2D eigenvalue weighted by atomic mass is 32.2. The first-order valence-corrected chi connectivity index (χ1v) is 10.4. The molecule has 152 valence electrons. The molecule has 4 rings (SSSR count). The van der Waals surface area contributed by atoms with Gasteiger partial charge in [-0.1, -0.05) is 30.0 Å². The number of aromatic nitrogens is 3. The zero-order valence-electron chi connectivity index (χ0n) is 16.4. The molecule has 0 saturated carbocycles. The summed E-state index contributed by atoms with van der Waals surface area (Å²) in [5, 5.41) is 12.4. The van der Waals surface area contributed by atoms with Gasteiger partial charge >= 0.3 is 0 Å². The topological polar surface area (TPSA) is 90.1 Å². The highest BCUT2D eigenvalue weighted by Crippen LogP contribution is 2.25. The number of thioether (sulfide) groups is 1. The standard InChI is InChI=1S/C22H20N4O3S/c1-28-18-6-2-4-15(12-18)9-11-24-20(27)14-30-22-26-25-21(29-22)17-7-8-19-16(13-17)5-3-10-23-19/h2-8,10,12-13H,9,11,14H2,1H3,(H,24,27). The summed E-state index contributed by atoms with van der Waals surface area (Å²) >= 11 is 1.22. The number of ether oxygens (including phenoxy) is 1. The number of methoxy groups -OCH3 is 1. The van der Waals surface area contributed by atoms with Crippen LogP contribution in [0.25, 0.3) is 22.4 Å². The van der Waals surface area contributed by atoms with Crippen LogP contribution in [0.3, 0.4) is 0 Å². The van der Waals surface area contributed by atoms with Crippen molar-refractivity contribution < 1.29 is 13.9 Å². The van der Waals surface area contributed by atoms with Crippen molar-refractivity contribution in [2.75, 3.05) is 19.4 Å². The summed E-state index contributed by atoms with van der Waals surface area (Å²) in [5.41, 5.74) is 2.83. The summed E-state index contributed by atoms with van der Waals surface area (Å²) in [6, 6.07) is 17.4. The lowest BCUT2D eigenvalue weighted by Crippen LogP contribution is -2.27. The Hall–Kier alpha value is -3.39. The zero-order valence-corrected chi connectivity index (χ0v) is 17.2. The van der Waals surface area contributed by atoms with Crippen LogP contribution in [0, 0.1) is 0 Å². The van der Waals surface area contributed by atoms with Crippen LogP contribution in [0.15, 0.2) is 70.4 Å². The minimum absolute atomic E-state index is 0.0839. The van der Waals surface area contributed by atoms with Gasteiger partial charge in [-0.25, -0.2) is 0 Å². The van der Waals surface area contributed by atoms with E-state index in [-0.39, 0.29) is 11.7 Å². The summed E-state index contributed by atoms with van der Waals surface area (Å²) in [4.78, 5) is 16.4. The second kappa shape index (κ2) is 9.41. The van der Waals surface area contributed by atoms with Crippen molar-refractivity contribution in [3.63, 3.8) is 0 Å². The monoisotopic (exact) mass is 420 g/mol. The Balaban J connectivity index is 1.27. The third-order valence-corrected chi connectivity index (χ3v) is 5.27. The first-order valence-electron chi connectivity index (χ1n) is 9.42. The Bertz CT molecular complexity index is 1160. The fourth-order valence-electron chi connectivity index (χ4n) is 2.95. The predicted octanol–water partition coefficient (Wildman–Crippen LogP) is 3.74. The average molecular weight is 420 g/mol. The number of rotatable bonds is 8. The van der Waals surface area contributed by atoms with E-state index in [0.29, 0.717) is 17.7 Å². The molecule has 0 aliphatic rings. The second-order valence-corrected chi connectivity index (χ2v) is 7.45. The van der Waals surface area contributed by atoms with Crippen molar-refractivity contribution in [1.82, 2.24) is 20.5 Å². The highest BCUT2D eigenvalue weighted by molar-refractivity contribution is 7.99. The molecule has 1 amide bonds. The molecule has 0 atom stereocenters. The molecule has 1 N–H and O–H groups in total. The summed E-state index contributed by atoms with van der Waals surface area (Å²) in [7, 11) is 1.64. The Labute approximate surface area is 177 Å². The van der Waals surface area contributed by atoms with E-state index in [1.807, 2.05) is 54.6 Å². The van der Waals surface area contributed by atoms with Crippen LogP contribution >= 0.6 is 11.8 Å². The van der Waals surface area contributed by atoms with Crippen molar-refractivity contribution in [2.45, 2.75) is 11.6 Å². The number of nitrogens with zero attached hydrogens (tertiary/aromatic N) is 3. The van der Waals surface area contributed by atoms with Crippen molar-refractivity contribution in [3.05, 3.63) is 66.4 Å². The van der Waals surface area contributed by atoms with E-state index in [4.69, 9.17) is 9.15 Å². The molecule has 0 unspecified atom stereocenters. The van der Waals surface area contributed by atoms with Gasteiger partial charge in [0.15, 0.2) is 0 Å². The number of benzene rings is 2. The predicted molar refractivity (Wildman–Crippen MR) is 115 cm³/mol. The summed E-state index contributed by atoms with van der Waals surface area (Å²) in [6.07, 6.45) is 2.49. The Morgan fingerprint density at radius 3 is 2.97 bits per heavy atom. The molecule has 0 bridgehead atoms.